The van der Waals surface area contributed by atoms with Gasteiger partial charge in [0.25, 0.3) is 0 Å². The standard InChI is InChI=1S/C18H14FN7O3S/c19-30(28,29)13-6-4-11(5-7-13)23-18(27)24-12-3-1-2-10(8-12)16-25-14-15(20)21-9-22-17(14)26-16/h1-9H,(H2,23,24,27)(H3,20,21,22,25,26). The van der Waals surface area contributed by atoms with Crippen molar-refractivity contribution < 1.29 is 17.1 Å². The molecule has 4 rings (SSSR count). The van der Waals surface area contributed by atoms with Gasteiger partial charge in [0.1, 0.15) is 17.7 Å². The summed E-state index contributed by atoms with van der Waals surface area (Å²) in [4.78, 5) is 27.1. The molecule has 12 heteroatoms. The van der Waals surface area contributed by atoms with Gasteiger partial charge in [0.2, 0.25) is 0 Å². The van der Waals surface area contributed by atoms with Gasteiger partial charge in [-0.15, -0.1) is 3.89 Å². The first kappa shape index (κ1) is 19.3. The van der Waals surface area contributed by atoms with Crippen LogP contribution < -0.4 is 16.4 Å². The van der Waals surface area contributed by atoms with Gasteiger partial charge in [0.15, 0.2) is 11.5 Å². The molecule has 30 heavy (non-hydrogen) atoms. The van der Waals surface area contributed by atoms with E-state index in [9.17, 15) is 17.1 Å². The van der Waals surface area contributed by atoms with Crippen molar-refractivity contribution in [1.29, 1.82) is 0 Å². The number of urea groups is 1. The highest BCUT2D eigenvalue weighted by atomic mass is 32.3. The number of carbonyl (C=O) groups excluding carboxylic acids is 1. The Kier molecular flexibility index (Phi) is 4.75. The Balaban J connectivity index is 1.50. The number of aromatic amines is 1. The molecule has 0 atom stereocenters. The Bertz CT molecular complexity index is 1350. The minimum Gasteiger partial charge on any atom is -0.382 e. The molecule has 0 saturated carbocycles. The Morgan fingerprint density at radius 3 is 2.47 bits per heavy atom. The number of imidazole rings is 1. The molecule has 0 unspecified atom stereocenters. The van der Waals surface area contributed by atoms with Crippen molar-refractivity contribution in [3.05, 3.63) is 54.9 Å². The number of H-pyrrole nitrogens is 1. The van der Waals surface area contributed by atoms with Crippen molar-refractivity contribution in [3.8, 4) is 11.4 Å². The maximum Gasteiger partial charge on any atom is 0.332 e. The summed E-state index contributed by atoms with van der Waals surface area (Å²) in [6, 6.07) is 11.0. The highest BCUT2D eigenvalue weighted by Crippen LogP contribution is 2.24. The average Bonchev–Trinajstić information content (AvgIpc) is 3.14. The highest BCUT2D eigenvalue weighted by molar-refractivity contribution is 7.86. The molecule has 0 aliphatic heterocycles. The van der Waals surface area contributed by atoms with Gasteiger partial charge in [-0.25, -0.2) is 19.7 Å². The second kappa shape index (κ2) is 7.40. The number of nitrogen functional groups attached to an aromatic ring is 1. The number of hydrogen-bond donors (Lipinski definition) is 4. The molecule has 2 aromatic heterocycles. The molecular formula is C18H14FN7O3S. The number of aromatic nitrogens is 4. The van der Waals surface area contributed by atoms with E-state index in [1.807, 2.05) is 0 Å². The number of benzene rings is 2. The molecule has 0 aliphatic rings. The van der Waals surface area contributed by atoms with Gasteiger partial charge in [-0.1, -0.05) is 12.1 Å². The number of halogens is 1. The van der Waals surface area contributed by atoms with E-state index in [1.54, 1.807) is 24.3 Å². The number of rotatable bonds is 4. The van der Waals surface area contributed by atoms with Crippen LogP contribution in [0.5, 0.6) is 0 Å². The number of anilines is 3. The van der Waals surface area contributed by atoms with Crippen molar-refractivity contribution in [2.24, 2.45) is 0 Å². The first-order valence-electron chi connectivity index (χ1n) is 8.49. The zero-order valence-electron chi connectivity index (χ0n) is 15.1. The molecule has 2 heterocycles. The van der Waals surface area contributed by atoms with Crippen LogP contribution in [0.25, 0.3) is 22.6 Å². The molecule has 4 aromatic rings. The lowest BCUT2D eigenvalue weighted by Gasteiger charge is -2.09. The normalized spacial score (nSPS) is 11.4. The fraction of sp³-hybridized carbons (Fsp3) is 0. The van der Waals surface area contributed by atoms with Crippen LogP contribution in [0.2, 0.25) is 0 Å². The second-order valence-corrected chi connectivity index (χ2v) is 7.51. The number of hydrogen-bond acceptors (Lipinski definition) is 7. The number of fused-ring (bicyclic) bond motifs is 1. The van der Waals surface area contributed by atoms with Crippen LogP contribution in [0.15, 0.2) is 59.8 Å². The summed E-state index contributed by atoms with van der Waals surface area (Å²) < 4.78 is 34.6. The topological polar surface area (TPSA) is 156 Å². The summed E-state index contributed by atoms with van der Waals surface area (Å²) in [7, 11) is -4.79. The molecule has 0 radical (unpaired) electrons. The second-order valence-electron chi connectivity index (χ2n) is 6.17. The molecule has 0 fully saturated rings. The van der Waals surface area contributed by atoms with Gasteiger partial charge >= 0.3 is 16.3 Å². The van der Waals surface area contributed by atoms with Crippen molar-refractivity contribution in [2.75, 3.05) is 16.4 Å². The third kappa shape index (κ3) is 4.03. The fourth-order valence-electron chi connectivity index (χ4n) is 2.72. The molecule has 10 nitrogen and oxygen atoms in total. The van der Waals surface area contributed by atoms with Crippen molar-refractivity contribution in [2.45, 2.75) is 4.90 Å². The van der Waals surface area contributed by atoms with Gasteiger partial charge < -0.3 is 21.4 Å². The smallest absolute Gasteiger partial charge is 0.332 e. The monoisotopic (exact) mass is 427 g/mol. The van der Waals surface area contributed by atoms with Gasteiger partial charge in [-0.2, -0.15) is 8.42 Å². The van der Waals surface area contributed by atoms with Crippen LogP contribution in [0, 0.1) is 0 Å². The molecule has 2 aromatic carbocycles. The Morgan fingerprint density at radius 1 is 1.03 bits per heavy atom. The summed E-state index contributed by atoms with van der Waals surface area (Å²) in [6.07, 6.45) is 1.32. The van der Waals surface area contributed by atoms with Crippen LogP contribution in [-0.4, -0.2) is 34.4 Å². The third-order valence-electron chi connectivity index (χ3n) is 4.11. The molecule has 2 amide bonds. The van der Waals surface area contributed by atoms with E-state index in [0.29, 0.717) is 33.9 Å². The number of nitrogens with one attached hydrogen (secondary N) is 3. The first-order chi connectivity index (χ1) is 14.3. The molecule has 0 bridgehead atoms. The number of amides is 2. The fourth-order valence-corrected chi connectivity index (χ4v) is 3.18. The van der Waals surface area contributed by atoms with Crippen molar-refractivity contribution >= 4 is 44.6 Å². The predicted octanol–water partition coefficient (Wildman–Crippen LogP) is 2.90. The first-order valence-corrected chi connectivity index (χ1v) is 9.87. The predicted molar refractivity (Wildman–Crippen MR) is 109 cm³/mol. The van der Waals surface area contributed by atoms with Crippen LogP contribution >= 0.6 is 0 Å². The minimum absolute atomic E-state index is 0.277. The van der Waals surface area contributed by atoms with E-state index >= 15 is 0 Å². The van der Waals surface area contributed by atoms with E-state index in [0.717, 1.165) is 12.1 Å². The Morgan fingerprint density at radius 2 is 1.77 bits per heavy atom. The minimum atomic E-state index is -4.79. The summed E-state index contributed by atoms with van der Waals surface area (Å²) in [5, 5.41) is 5.19. The average molecular weight is 427 g/mol. The lowest BCUT2D eigenvalue weighted by atomic mass is 10.2. The lowest BCUT2D eigenvalue weighted by Crippen LogP contribution is -2.19. The van der Waals surface area contributed by atoms with Gasteiger partial charge in [0.05, 0.1) is 4.90 Å². The quantitative estimate of drug-likeness (QED) is 0.365. The van der Waals surface area contributed by atoms with E-state index in [-0.39, 0.29) is 5.82 Å². The molecular weight excluding hydrogens is 413 g/mol. The van der Waals surface area contributed by atoms with Gasteiger partial charge in [-0.05, 0) is 36.4 Å². The Labute approximate surface area is 169 Å². The maximum atomic E-state index is 12.9. The maximum absolute atomic E-state index is 12.9. The molecule has 0 aliphatic carbocycles. The van der Waals surface area contributed by atoms with E-state index in [2.05, 4.69) is 30.6 Å². The summed E-state index contributed by atoms with van der Waals surface area (Å²) >= 11 is 0. The highest BCUT2D eigenvalue weighted by Gasteiger charge is 2.12. The van der Waals surface area contributed by atoms with Crippen LogP contribution in [0.3, 0.4) is 0 Å². The summed E-state index contributed by atoms with van der Waals surface area (Å²) in [5.41, 5.74) is 8.20. The van der Waals surface area contributed by atoms with Crippen LogP contribution in [0.4, 0.5) is 25.9 Å². The van der Waals surface area contributed by atoms with Gasteiger partial charge in [0, 0.05) is 16.9 Å². The molecule has 152 valence electrons. The number of carbonyl (C=O) groups is 1. The third-order valence-corrected chi connectivity index (χ3v) is 4.94. The zero-order chi connectivity index (χ0) is 21.3. The van der Waals surface area contributed by atoms with Crippen LogP contribution in [-0.2, 0) is 10.2 Å². The molecule has 0 spiro atoms. The molecule has 0 saturated heterocycles. The number of nitrogens with two attached hydrogens (primary N) is 1. The van der Waals surface area contributed by atoms with Crippen LogP contribution in [0.1, 0.15) is 0 Å². The van der Waals surface area contributed by atoms with E-state index in [1.165, 1.54) is 18.5 Å². The van der Waals surface area contributed by atoms with Crippen molar-refractivity contribution in [1.82, 2.24) is 19.9 Å². The largest absolute Gasteiger partial charge is 0.382 e. The molecule has 5 N–H and O–H groups in total. The van der Waals surface area contributed by atoms with Gasteiger partial charge in [-0.3, -0.25) is 0 Å². The van der Waals surface area contributed by atoms with Crippen molar-refractivity contribution in [3.63, 3.8) is 0 Å². The van der Waals surface area contributed by atoms with E-state index < -0.39 is 21.1 Å². The van der Waals surface area contributed by atoms with E-state index in [4.69, 9.17) is 5.73 Å². The SMILES string of the molecule is Nc1ncnc2nc(-c3cccc(NC(=O)Nc4ccc(S(=O)(=O)F)cc4)c3)[nH]c12. The summed E-state index contributed by atoms with van der Waals surface area (Å²) in [6.45, 7) is 0. The lowest BCUT2D eigenvalue weighted by molar-refractivity contribution is 0.262. The number of nitrogens with zero attached hydrogens (tertiary/aromatic N) is 3. The zero-order valence-corrected chi connectivity index (χ0v) is 15.9. The Hall–Kier alpha value is -4.06. The summed E-state index contributed by atoms with van der Waals surface area (Å²) in [5.74, 6) is 0.781.